The first-order valence-corrected chi connectivity index (χ1v) is 21.1. The second-order valence-electron chi connectivity index (χ2n) is 16.3. The summed E-state index contributed by atoms with van der Waals surface area (Å²) in [6.07, 6.45) is 0. The third-order valence-electron chi connectivity index (χ3n) is 12.6. The molecule has 0 spiro atoms. The number of hydrogen-bond donors (Lipinski definition) is 0. The molecule has 13 rings (SSSR count). The van der Waals surface area contributed by atoms with Crippen molar-refractivity contribution in [2.24, 2.45) is 0 Å². The van der Waals surface area contributed by atoms with Crippen LogP contribution in [0.3, 0.4) is 0 Å². The number of hydrogen-bond acceptors (Lipinski definition) is 6. The van der Waals surface area contributed by atoms with Gasteiger partial charge in [-0.2, -0.15) is 0 Å². The summed E-state index contributed by atoms with van der Waals surface area (Å²) in [5.74, 6) is 1.76. The van der Waals surface area contributed by atoms with Gasteiger partial charge in [0.05, 0.1) is 0 Å². The van der Waals surface area contributed by atoms with Crippen molar-refractivity contribution in [1.29, 1.82) is 0 Å². The topological polar surface area (TPSA) is 65.0 Å². The number of benzene rings is 8. The van der Waals surface area contributed by atoms with Crippen LogP contribution >= 0.6 is 11.3 Å². The van der Waals surface area contributed by atoms with Crippen LogP contribution in [0, 0.1) is 0 Å². The quantitative estimate of drug-likeness (QED) is 0.178. The van der Waals surface area contributed by atoms with E-state index >= 15 is 0 Å². The number of thiophene rings is 1. The van der Waals surface area contributed by atoms with Crippen molar-refractivity contribution < 1.29 is 8.83 Å². The standard InChI is InChI=1S/C54H33N3O2S/c1-54(2)40-18-6-3-13-35(40)48-32(15-9-19-41(48)54)30-25-27-43-39(28-30)49-37(16-10-21-44(49)58-43)52-55-51(31-24-26-34-33-12-4-7-20-42(33)59-45(34)29-31)56-53(57-52)38-17-11-23-47-50(38)36-14-5-8-22-46(36)60-47/h3-29H,1-2H3. The van der Waals surface area contributed by atoms with Crippen LogP contribution in [0.15, 0.2) is 173 Å². The molecule has 0 atom stereocenters. The Morgan fingerprint density at radius 1 is 0.400 bits per heavy atom. The van der Waals surface area contributed by atoms with Crippen LogP contribution in [0.1, 0.15) is 25.0 Å². The maximum absolute atomic E-state index is 6.61. The van der Waals surface area contributed by atoms with Gasteiger partial charge in [0.1, 0.15) is 22.3 Å². The smallest absolute Gasteiger partial charge is 0.164 e. The fourth-order valence-electron chi connectivity index (χ4n) is 9.75. The largest absolute Gasteiger partial charge is 0.456 e. The molecule has 0 fully saturated rings. The molecular formula is C54H33N3O2S. The van der Waals surface area contributed by atoms with Crippen LogP contribution < -0.4 is 0 Å². The van der Waals surface area contributed by atoms with Gasteiger partial charge < -0.3 is 8.83 Å². The van der Waals surface area contributed by atoms with Crippen LogP contribution in [0.4, 0.5) is 0 Å². The Morgan fingerprint density at radius 2 is 1.00 bits per heavy atom. The van der Waals surface area contributed by atoms with E-state index in [0.29, 0.717) is 17.5 Å². The molecule has 8 aromatic carbocycles. The van der Waals surface area contributed by atoms with Gasteiger partial charge in [-0.25, -0.2) is 15.0 Å². The zero-order valence-electron chi connectivity index (χ0n) is 32.7. The molecule has 282 valence electrons. The Kier molecular flexibility index (Phi) is 6.88. The fourth-order valence-corrected chi connectivity index (χ4v) is 10.9. The van der Waals surface area contributed by atoms with Gasteiger partial charge in [-0.15, -0.1) is 11.3 Å². The van der Waals surface area contributed by atoms with Crippen LogP contribution in [0.2, 0.25) is 0 Å². The minimum absolute atomic E-state index is 0.0930. The summed E-state index contributed by atoms with van der Waals surface area (Å²) in [7, 11) is 0. The summed E-state index contributed by atoms with van der Waals surface area (Å²) in [6, 6.07) is 57.7. The van der Waals surface area contributed by atoms with Gasteiger partial charge in [0, 0.05) is 63.8 Å². The lowest BCUT2D eigenvalue weighted by atomic mass is 9.82. The van der Waals surface area contributed by atoms with Crippen LogP contribution in [0.25, 0.3) is 120 Å². The number of fused-ring (bicyclic) bond motifs is 12. The third-order valence-corrected chi connectivity index (χ3v) is 13.7. The summed E-state index contributed by atoms with van der Waals surface area (Å²) in [5, 5.41) is 6.45. The Balaban J connectivity index is 1.05. The second kappa shape index (κ2) is 12.3. The first-order valence-electron chi connectivity index (χ1n) is 20.3. The molecule has 6 heteroatoms. The number of para-hydroxylation sites is 1. The minimum atomic E-state index is -0.0930. The molecule has 0 N–H and O–H groups in total. The lowest BCUT2D eigenvalue weighted by Crippen LogP contribution is -2.14. The van der Waals surface area contributed by atoms with Gasteiger partial charge >= 0.3 is 0 Å². The van der Waals surface area contributed by atoms with Crippen molar-refractivity contribution in [3.8, 4) is 56.4 Å². The molecule has 12 aromatic rings. The highest BCUT2D eigenvalue weighted by molar-refractivity contribution is 7.25. The maximum atomic E-state index is 6.61. The van der Waals surface area contributed by atoms with E-state index in [4.69, 9.17) is 23.8 Å². The fraction of sp³-hybridized carbons (Fsp3) is 0.0556. The zero-order chi connectivity index (χ0) is 39.7. The molecule has 0 saturated carbocycles. The van der Waals surface area contributed by atoms with E-state index in [-0.39, 0.29) is 5.41 Å². The monoisotopic (exact) mass is 787 g/mol. The third kappa shape index (κ3) is 4.76. The number of nitrogens with zero attached hydrogens (tertiary/aromatic N) is 3. The lowest BCUT2D eigenvalue weighted by molar-refractivity contribution is 0.660. The molecular weight excluding hydrogens is 755 g/mol. The van der Waals surface area contributed by atoms with Gasteiger partial charge in [-0.1, -0.05) is 129 Å². The summed E-state index contributed by atoms with van der Waals surface area (Å²) in [6.45, 7) is 4.65. The predicted molar refractivity (Wildman–Crippen MR) is 247 cm³/mol. The van der Waals surface area contributed by atoms with Crippen molar-refractivity contribution in [1.82, 2.24) is 15.0 Å². The van der Waals surface area contributed by atoms with E-state index in [1.165, 1.54) is 42.6 Å². The van der Waals surface area contributed by atoms with Crippen molar-refractivity contribution in [2.45, 2.75) is 19.3 Å². The zero-order valence-corrected chi connectivity index (χ0v) is 33.5. The molecule has 0 amide bonds. The molecule has 4 aromatic heterocycles. The van der Waals surface area contributed by atoms with Crippen molar-refractivity contribution in [2.75, 3.05) is 0 Å². The lowest BCUT2D eigenvalue weighted by Gasteiger charge is -2.21. The van der Waals surface area contributed by atoms with Crippen molar-refractivity contribution >= 4 is 75.4 Å². The summed E-state index contributed by atoms with van der Waals surface area (Å²) in [4.78, 5) is 15.9. The van der Waals surface area contributed by atoms with Gasteiger partial charge in [-0.3, -0.25) is 0 Å². The average Bonchev–Trinajstić information content (AvgIpc) is 4.04. The van der Waals surface area contributed by atoms with Crippen molar-refractivity contribution in [3.05, 3.63) is 175 Å². The minimum Gasteiger partial charge on any atom is -0.456 e. The highest BCUT2D eigenvalue weighted by atomic mass is 32.1. The normalized spacial score (nSPS) is 13.3. The molecule has 0 unspecified atom stereocenters. The predicted octanol–water partition coefficient (Wildman–Crippen LogP) is 15.0. The Bertz CT molecular complexity index is 3770. The SMILES string of the molecule is CC1(C)c2ccccc2-c2c(-c3ccc4oc5cccc(-c6nc(-c7ccc8c(c7)oc7ccccc78)nc(-c7cccc8sc9ccccc9c78)n6)c5c4c3)cccc21. The molecule has 0 radical (unpaired) electrons. The Morgan fingerprint density at radius 3 is 1.90 bits per heavy atom. The summed E-state index contributed by atoms with van der Waals surface area (Å²) < 4.78 is 15.4. The van der Waals surface area contributed by atoms with Gasteiger partial charge in [0.15, 0.2) is 17.5 Å². The number of rotatable bonds is 4. The first-order chi connectivity index (χ1) is 29.5. The van der Waals surface area contributed by atoms with E-state index in [1.807, 2.05) is 30.3 Å². The molecule has 1 aliphatic rings. The summed E-state index contributed by atoms with van der Waals surface area (Å²) >= 11 is 1.79. The van der Waals surface area contributed by atoms with Gasteiger partial charge in [0.25, 0.3) is 0 Å². The highest BCUT2D eigenvalue weighted by Gasteiger charge is 2.36. The van der Waals surface area contributed by atoms with Gasteiger partial charge in [-0.05, 0) is 81.9 Å². The average molecular weight is 788 g/mol. The maximum Gasteiger partial charge on any atom is 0.164 e. The van der Waals surface area contributed by atoms with Crippen LogP contribution in [0.5, 0.6) is 0 Å². The molecule has 0 bridgehead atoms. The van der Waals surface area contributed by atoms with Crippen LogP contribution in [-0.4, -0.2) is 15.0 Å². The highest BCUT2D eigenvalue weighted by Crippen LogP contribution is 2.52. The van der Waals surface area contributed by atoms with Crippen molar-refractivity contribution in [3.63, 3.8) is 0 Å². The Labute approximate surface area is 348 Å². The molecule has 4 heterocycles. The van der Waals surface area contributed by atoms with E-state index in [9.17, 15) is 0 Å². The van der Waals surface area contributed by atoms with E-state index in [0.717, 1.165) is 71.5 Å². The molecule has 5 nitrogen and oxygen atoms in total. The first kappa shape index (κ1) is 33.6. The van der Waals surface area contributed by atoms with E-state index < -0.39 is 0 Å². The molecule has 0 aliphatic heterocycles. The summed E-state index contributed by atoms with van der Waals surface area (Å²) in [5.41, 5.74) is 13.5. The van der Waals surface area contributed by atoms with Gasteiger partial charge in [0.2, 0.25) is 0 Å². The number of furan rings is 2. The Hall–Kier alpha value is -7.41. The van der Waals surface area contributed by atoms with Crippen LogP contribution in [-0.2, 0) is 5.41 Å². The molecule has 0 saturated heterocycles. The second-order valence-corrected chi connectivity index (χ2v) is 17.4. The molecule has 60 heavy (non-hydrogen) atoms. The molecule has 1 aliphatic carbocycles. The number of aromatic nitrogens is 3. The van der Waals surface area contributed by atoms with E-state index in [2.05, 4.69) is 147 Å². The van der Waals surface area contributed by atoms with E-state index in [1.54, 1.807) is 11.3 Å².